The summed E-state index contributed by atoms with van der Waals surface area (Å²) in [5, 5.41) is 2.71. The fourth-order valence-electron chi connectivity index (χ4n) is 4.20. The van der Waals surface area contributed by atoms with Gasteiger partial charge in [0.05, 0.1) is 29.2 Å². The van der Waals surface area contributed by atoms with Crippen LogP contribution in [0.4, 0.5) is 27.6 Å². The minimum absolute atomic E-state index is 0.0380. The maximum absolute atomic E-state index is 14.5. The molecule has 12 heteroatoms. The molecule has 3 aromatic rings. The predicted octanol–water partition coefficient (Wildman–Crippen LogP) is 5.13. The van der Waals surface area contributed by atoms with Crippen LogP contribution in [0.3, 0.4) is 0 Å². The summed E-state index contributed by atoms with van der Waals surface area (Å²) in [6, 6.07) is 10.2. The normalized spacial score (nSPS) is 17.5. The lowest BCUT2D eigenvalue weighted by Crippen LogP contribution is -2.48. The van der Waals surface area contributed by atoms with Crippen molar-refractivity contribution in [1.82, 2.24) is 5.32 Å². The van der Waals surface area contributed by atoms with Crippen molar-refractivity contribution in [1.29, 1.82) is 0 Å². The van der Waals surface area contributed by atoms with Crippen molar-refractivity contribution in [3.05, 3.63) is 77.9 Å². The smallest absolute Gasteiger partial charge is 0.416 e. The van der Waals surface area contributed by atoms with E-state index in [1.54, 1.807) is 0 Å². The Balaban J connectivity index is 1.56. The molecule has 3 aromatic carbocycles. The molecule has 38 heavy (non-hydrogen) atoms. The van der Waals surface area contributed by atoms with Crippen LogP contribution in [0.15, 0.2) is 65.6 Å². The van der Waals surface area contributed by atoms with Gasteiger partial charge < -0.3 is 10.1 Å². The first-order valence-electron chi connectivity index (χ1n) is 11.7. The molecule has 1 N–H and O–H groups in total. The summed E-state index contributed by atoms with van der Waals surface area (Å²) < 4.78 is 102. The topological polar surface area (TPSA) is 75.7 Å². The number of ether oxygens (including phenoxy) is 1. The molecular weight excluding hydrogens is 531 g/mol. The molecule has 0 saturated heterocycles. The highest BCUT2D eigenvalue weighted by atomic mass is 32.2. The summed E-state index contributed by atoms with van der Waals surface area (Å²) in [5.74, 6) is -1.70. The monoisotopic (exact) mass is 552 g/mol. The van der Waals surface area contributed by atoms with E-state index >= 15 is 0 Å². The molecule has 0 spiro atoms. The van der Waals surface area contributed by atoms with Crippen molar-refractivity contribution < 1.29 is 39.9 Å². The molecule has 1 amide bonds. The second-order valence-corrected chi connectivity index (χ2v) is 11.0. The predicted molar refractivity (Wildman–Crippen MR) is 128 cm³/mol. The van der Waals surface area contributed by atoms with Crippen LogP contribution in [-0.4, -0.2) is 33.5 Å². The third-order valence-electron chi connectivity index (χ3n) is 6.33. The van der Waals surface area contributed by atoms with E-state index in [-0.39, 0.29) is 47.5 Å². The molecule has 1 atom stereocenters. The molecule has 1 aliphatic heterocycles. The summed E-state index contributed by atoms with van der Waals surface area (Å²) in [5.41, 5.74) is -1.21. The van der Waals surface area contributed by atoms with Gasteiger partial charge in [0, 0.05) is 11.5 Å². The number of benzene rings is 3. The first-order chi connectivity index (χ1) is 17.9. The van der Waals surface area contributed by atoms with E-state index in [0.717, 1.165) is 53.5 Å². The summed E-state index contributed by atoms with van der Waals surface area (Å²) in [7, 11) is -4.58. The Morgan fingerprint density at radius 2 is 1.79 bits per heavy atom. The van der Waals surface area contributed by atoms with E-state index in [4.69, 9.17) is 4.74 Å². The highest BCUT2D eigenvalue weighted by Gasteiger charge is 2.38. The van der Waals surface area contributed by atoms with E-state index < -0.39 is 44.4 Å². The maximum Gasteiger partial charge on any atom is 0.416 e. The summed E-state index contributed by atoms with van der Waals surface area (Å²) >= 11 is 0. The van der Waals surface area contributed by atoms with Gasteiger partial charge in [-0.1, -0.05) is 12.1 Å². The third kappa shape index (κ3) is 5.17. The standard InChI is InChI=1S/C26H21F5N2O4S/c27-18-7-8-22(28)21(12-18)16-6-9-24-23(10-16)33(14-19(37-24)13-32-25(34)15-4-5-15)38(35,36)20-3-1-2-17(11-20)26(29,30)31/h1-3,6-12,15,19H,4-5,13-14H2,(H,32,34)/t19-/m0/s1. The van der Waals surface area contributed by atoms with Gasteiger partial charge in [0.15, 0.2) is 0 Å². The second-order valence-electron chi connectivity index (χ2n) is 9.13. The molecule has 2 aliphatic rings. The molecule has 1 fully saturated rings. The van der Waals surface area contributed by atoms with Crippen LogP contribution in [0.5, 0.6) is 5.75 Å². The van der Waals surface area contributed by atoms with Gasteiger partial charge >= 0.3 is 6.18 Å². The Morgan fingerprint density at radius 3 is 2.50 bits per heavy atom. The van der Waals surface area contributed by atoms with E-state index in [9.17, 15) is 35.2 Å². The van der Waals surface area contributed by atoms with Crippen molar-refractivity contribution in [3.8, 4) is 16.9 Å². The fraction of sp³-hybridized carbons (Fsp3) is 0.269. The molecule has 200 valence electrons. The highest BCUT2D eigenvalue weighted by molar-refractivity contribution is 7.92. The number of carbonyl (C=O) groups is 1. The molecule has 0 bridgehead atoms. The van der Waals surface area contributed by atoms with Crippen LogP contribution < -0.4 is 14.4 Å². The zero-order valence-electron chi connectivity index (χ0n) is 19.6. The zero-order valence-corrected chi connectivity index (χ0v) is 20.5. The average molecular weight is 553 g/mol. The summed E-state index contributed by atoms with van der Waals surface area (Å²) in [6.07, 6.45) is -4.11. The van der Waals surface area contributed by atoms with Gasteiger partial charge in [-0.25, -0.2) is 17.2 Å². The molecule has 1 saturated carbocycles. The number of nitrogens with one attached hydrogen (secondary N) is 1. The quantitative estimate of drug-likeness (QED) is 0.430. The first-order valence-corrected chi connectivity index (χ1v) is 13.1. The number of hydrogen-bond acceptors (Lipinski definition) is 4. The molecule has 1 aliphatic carbocycles. The molecular formula is C26H21F5N2O4S. The van der Waals surface area contributed by atoms with Gasteiger partial charge in [0.25, 0.3) is 10.0 Å². The summed E-state index contributed by atoms with van der Waals surface area (Å²) in [6.45, 7) is -0.380. The third-order valence-corrected chi connectivity index (χ3v) is 8.11. The number of fused-ring (bicyclic) bond motifs is 1. The van der Waals surface area contributed by atoms with Crippen molar-refractivity contribution in [3.63, 3.8) is 0 Å². The van der Waals surface area contributed by atoms with E-state index in [0.29, 0.717) is 6.07 Å². The largest absolute Gasteiger partial charge is 0.484 e. The number of nitrogens with zero attached hydrogens (tertiary/aromatic N) is 1. The van der Waals surface area contributed by atoms with Gasteiger partial charge in [-0.15, -0.1) is 0 Å². The number of halogens is 5. The Morgan fingerprint density at radius 1 is 1.03 bits per heavy atom. The SMILES string of the molecule is O=C(NC[C@H]1CN(S(=O)(=O)c2cccc(C(F)(F)F)c2)c2cc(-c3cc(F)ccc3F)ccc2O1)C1CC1. The number of hydrogen-bond donors (Lipinski definition) is 1. The van der Waals surface area contributed by atoms with E-state index in [1.807, 2.05) is 0 Å². The number of amides is 1. The number of sulfonamides is 1. The summed E-state index contributed by atoms with van der Waals surface area (Å²) in [4.78, 5) is 11.5. The Kier molecular flexibility index (Phi) is 6.54. The van der Waals surface area contributed by atoms with Crippen LogP contribution in [0, 0.1) is 17.6 Å². The molecule has 0 aromatic heterocycles. The molecule has 1 heterocycles. The van der Waals surface area contributed by atoms with Crippen LogP contribution in [0.25, 0.3) is 11.1 Å². The van der Waals surface area contributed by atoms with Crippen molar-refractivity contribution in [2.45, 2.75) is 30.0 Å². The lowest BCUT2D eigenvalue weighted by molar-refractivity contribution is -0.137. The first kappa shape index (κ1) is 26.0. The van der Waals surface area contributed by atoms with Gasteiger partial charge in [0.2, 0.25) is 5.91 Å². The van der Waals surface area contributed by atoms with Crippen molar-refractivity contribution >= 4 is 21.6 Å². The average Bonchev–Trinajstić information content (AvgIpc) is 3.73. The maximum atomic E-state index is 14.5. The van der Waals surface area contributed by atoms with Crippen LogP contribution >= 0.6 is 0 Å². The van der Waals surface area contributed by atoms with Crippen molar-refractivity contribution in [2.24, 2.45) is 5.92 Å². The molecule has 0 radical (unpaired) electrons. The second kappa shape index (κ2) is 9.57. The van der Waals surface area contributed by atoms with Crippen molar-refractivity contribution in [2.75, 3.05) is 17.4 Å². The molecule has 0 unspecified atom stereocenters. The number of alkyl halides is 3. The lowest BCUT2D eigenvalue weighted by atomic mass is 10.0. The lowest BCUT2D eigenvalue weighted by Gasteiger charge is -2.36. The molecule has 6 nitrogen and oxygen atoms in total. The number of carbonyl (C=O) groups excluding carboxylic acids is 1. The van der Waals surface area contributed by atoms with Gasteiger partial charge in [0.1, 0.15) is 23.5 Å². The van der Waals surface area contributed by atoms with E-state index in [2.05, 4.69) is 5.32 Å². The highest BCUT2D eigenvalue weighted by Crippen LogP contribution is 2.41. The van der Waals surface area contributed by atoms with E-state index in [1.165, 1.54) is 18.2 Å². The van der Waals surface area contributed by atoms with Crippen LogP contribution in [0.1, 0.15) is 18.4 Å². The number of rotatable bonds is 6. The Hall–Kier alpha value is -3.67. The molecule has 5 rings (SSSR count). The zero-order chi connectivity index (χ0) is 27.2. The number of anilines is 1. The Labute approximate surface area is 215 Å². The van der Waals surface area contributed by atoms with Gasteiger partial charge in [-0.3, -0.25) is 9.10 Å². The minimum atomic E-state index is -4.77. The minimum Gasteiger partial charge on any atom is -0.484 e. The fourth-order valence-corrected chi connectivity index (χ4v) is 5.74. The van der Waals surface area contributed by atoms with Crippen LogP contribution in [-0.2, 0) is 21.0 Å². The van der Waals surface area contributed by atoms with Crippen LogP contribution in [0.2, 0.25) is 0 Å². The van der Waals surface area contributed by atoms with Gasteiger partial charge in [-0.05, 0) is 66.9 Å². The van der Waals surface area contributed by atoms with Gasteiger partial charge in [-0.2, -0.15) is 13.2 Å². The Bertz CT molecular complexity index is 1510.